The third kappa shape index (κ3) is 2.94. The summed E-state index contributed by atoms with van der Waals surface area (Å²) in [6.07, 6.45) is 1.29. The average Bonchev–Trinajstić information content (AvgIpc) is 2.85. The Hall–Kier alpha value is -3.29. The normalized spacial score (nSPS) is 10.6. The van der Waals surface area contributed by atoms with Crippen molar-refractivity contribution in [2.45, 2.75) is 20.8 Å². The maximum Gasteiger partial charge on any atom is 0.355 e. The largest absolute Gasteiger partial charge is 0.355 e. The molecular formula is C16H16N6O2. The maximum atomic E-state index is 11.6. The molecule has 0 aliphatic carbocycles. The molecule has 0 amide bonds. The molecule has 1 aromatic carbocycles. The molecule has 3 rings (SSSR count). The molecule has 1 N–H and O–H groups in total. The monoisotopic (exact) mass is 324 g/mol. The molecule has 0 unspecified atom stereocenters. The summed E-state index contributed by atoms with van der Waals surface area (Å²) in [6.45, 7) is 5.59. The molecule has 0 bridgehead atoms. The van der Waals surface area contributed by atoms with Gasteiger partial charge in [-0.25, -0.2) is 14.6 Å². The van der Waals surface area contributed by atoms with E-state index in [1.807, 2.05) is 51.1 Å². The van der Waals surface area contributed by atoms with Crippen molar-refractivity contribution < 1.29 is 4.92 Å². The lowest BCUT2D eigenvalue weighted by molar-refractivity contribution is -0.384. The van der Waals surface area contributed by atoms with Gasteiger partial charge in [0.25, 0.3) is 0 Å². The Morgan fingerprint density at radius 3 is 2.58 bits per heavy atom. The number of aryl methyl sites for hydroxylation is 3. The van der Waals surface area contributed by atoms with E-state index in [0.717, 1.165) is 22.6 Å². The van der Waals surface area contributed by atoms with E-state index < -0.39 is 4.92 Å². The summed E-state index contributed by atoms with van der Waals surface area (Å²) in [7, 11) is 0. The van der Waals surface area contributed by atoms with Gasteiger partial charge in [0.15, 0.2) is 0 Å². The van der Waals surface area contributed by atoms with Crippen molar-refractivity contribution in [3.63, 3.8) is 0 Å². The molecule has 0 fully saturated rings. The predicted molar refractivity (Wildman–Crippen MR) is 89.7 cm³/mol. The van der Waals surface area contributed by atoms with E-state index in [1.165, 1.54) is 11.0 Å². The van der Waals surface area contributed by atoms with Gasteiger partial charge in [-0.2, -0.15) is 5.10 Å². The molecule has 0 spiro atoms. The molecule has 122 valence electrons. The molecule has 0 aliphatic heterocycles. The minimum atomic E-state index is -0.496. The second-order valence-corrected chi connectivity index (χ2v) is 5.48. The lowest BCUT2D eigenvalue weighted by atomic mass is 10.2. The van der Waals surface area contributed by atoms with Crippen molar-refractivity contribution in [3.05, 3.63) is 63.7 Å². The van der Waals surface area contributed by atoms with Gasteiger partial charge in [0.05, 0.1) is 10.6 Å². The van der Waals surface area contributed by atoms with Crippen LogP contribution in [0.3, 0.4) is 0 Å². The summed E-state index contributed by atoms with van der Waals surface area (Å²) in [5, 5.41) is 18.9. The highest BCUT2D eigenvalue weighted by molar-refractivity contribution is 5.70. The zero-order valence-electron chi connectivity index (χ0n) is 13.5. The number of benzene rings is 1. The fraction of sp³-hybridized carbons (Fsp3) is 0.188. The molecular weight excluding hydrogens is 308 g/mol. The third-order valence-corrected chi connectivity index (χ3v) is 3.48. The molecule has 8 nitrogen and oxygen atoms in total. The van der Waals surface area contributed by atoms with Gasteiger partial charge < -0.3 is 5.32 Å². The van der Waals surface area contributed by atoms with Crippen LogP contribution >= 0.6 is 0 Å². The minimum absolute atomic E-state index is 0.128. The molecule has 0 radical (unpaired) electrons. The van der Waals surface area contributed by atoms with Crippen LogP contribution in [0, 0.1) is 30.9 Å². The number of rotatable bonds is 4. The zero-order chi connectivity index (χ0) is 17.3. The highest BCUT2D eigenvalue weighted by Gasteiger charge is 2.26. The molecule has 2 heterocycles. The summed E-state index contributed by atoms with van der Waals surface area (Å²) < 4.78 is 1.45. The van der Waals surface area contributed by atoms with E-state index in [2.05, 4.69) is 20.4 Å². The minimum Gasteiger partial charge on any atom is -0.334 e. The van der Waals surface area contributed by atoms with Gasteiger partial charge in [0.2, 0.25) is 11.6 Å². The molecule has 0 saturated carbocycles. The van der Waals surface area contributed by atoms with Gasteiger partial charge in [-0.3, -0.25) is 10.1 Å². The van der Waals surface area contributed by atoms with Crippen molar-refractivity contribution in [1.82, 2.24) is 19.7 Å². The number of nitrogens with zero attached hydrogens (tertiary/aromatic N) is 5. The summed E-state index contributed by atoms with van der Waals surface area (Å²) in [4.78, 5) is 19.3. The van der Waals surface area contributed by atoms with Gasteiger partial charge in [0, 0.05) is 11.4 Å². The lowest BCUT2D eigenvalue weighted by Crippen LogP contribution is -2.09. The van der Waals surface area contributed by atoms with E-state index in [-0.39, 0.29) is 17.3 Å². The molecule has 2 aromatic heterocycles. The number of aromatic nitrogens is 4. The van der Waals surface area contributed by atoms with Crippen molar-refractivity contribution in [2.24, 2.45) is 0 Å². The van der Waals surface area contributed by atoms with Crippen LogP contribution in [0.5, 0.6) is 0 Å². The Kier molecular flexibility index (Phi) is 3.95. The second kappa shape index (κ2) is 6.07. The van der Waals surface area contributed by atoms with Gasteiger partial charge in [0.1, 0.15) is 6.33 Å². The standard InChI is InChI=1S/C16H16N6O2/c1-10-5-4-6-13(7-10)19-15-14(22(23)24)16(18-9-17-15)21-12(3)8-11(2)20-21/h4-9H,1-3H3,(H,17,18,19). The molecule has 8 heteroatoms. The molecule has 0 aliphatic rings. The van der Waals surface area contributed by atoms with Crippen LogP contribution in [0.4, 0.5) is 17.2 Å². The molecule has 24 heavy (non-hydrogen) atoms. The van der Waals surface area contributed by atoms with Crippen LogP contribution in [0.2, 0.25) is 0 Å². The Labute approximate surface area is 138 Å². The summed E-state index contributed by atoms with van der Waals surface area (Å²) in [5.41, 5.74) is 3.06. The summed E-state index contributed by atoms with van der Waals surface area (Å²) in [5.74, 6) is 0.263. The summed E-state index contributed by atoms with van der Waals surface area (Å²) >= 11 is 0. The van der Waals surface area contributed by atoms with Crippen molar-refractivity contribution in [2.75, 3.05) is 5.32 Å². The topological polar surface area (TPSA) is 98.8 Å². The van der Waals surface area contributed by atoms with E-state index >= 15 is 0 Å². The molecule has 0 atom stereocenters. The number of hydrogen-bond acceptors (Lipinski definition) is 6. The Bertz CT molecular complexity index is 919. The van der Waals surface area contributed by atoms with Gasteiger partial charge in [-0.1, -0.05) is 12.1 Å². The first kappa shape index (κ1) is 15.6. The fourth-order valence-corrected chi connectivity index (χ4v) is 2.49. The number of nitrogens with one attached hydrogen (secondary N) is 1. The van der Waals surface area contributed by atoms with Gasteiger partial charge >= 0.3 is 5.69 Å². The van der Waals surface area contributed by atoms with Crippen LogP contribution in [0.25, 0.3) is 5.82 Å². The van der Waals surface area contributed by atoms with E-state index in [9.17, 15) is 10.1 Å². The van der Waals surface area contributed by atoms with E-state index in [4.69, 9.17) is 0 Å². The molecule has 3 aromatic rings. The predicted octanol–water partition coefficient (Wildman–Crippen LogP) is 3.24. The summed E-state index contributed by atoms with van der Waals surface area (Å²) in [6, 6.07) is 9.35. The zero-order valence-corrected chi connectivity index (χ0v) is 13.5. The van der Waals surface area contributed by atoms with Crippen molar-refractivity contribution in [3.8, 4) is 5.82 Å². The number of hydrogen-bond donors (Lipinski definition) is 1. The maximum absolute atomic E-state index is 11.6. The quantitative estimate of drug-likeness (QED) is 0.584. The van der Waals surface area contributed by atoms with Crippen molar-refractivity contribution in [1.29, 1.82) is 0 Å². The first-order valence-corrected chi connectivity index (χ1v) is 7.32. The Morgan fingerprint density at radius 1 is 1.17 bits per heavy atom. The first-order valence-electron chi connectivity index (χ1n) is 7.32. The average molecular weight is 324 g/mol. The number of nitro groups is 1. The smallest absolute Gasteiger partial charge is 0.334 e. The first-order chi connectivity index (χ1) is 11.5. The number of anilines is 2. The lowest BCUT2D eigenvalue weighted by Gasteiger charge is -2.10. The Balaban J connectivity index is 2.12. The second-order valence-electron chi connectivity index (χ2n) is 5.48. The third-order valence-electron chi connectivity index (χ3n) is 3.48. The SMILES string of the molecule is Cc1cccc(Nc2ncnc(-n3nc(C)cc3C)c2[N+](=O)[O-])c1. The van der Waals surface area contributed by atoms with Crippen LogP contribution in [0.1, 0.15) is 17.0 Å². The van der Waals surface area contributed by atoms with Gasteiger partial charge in [-0.15, -0.1) is 0 Å². The highest BCUT2D eigenvalue weighted by atomic mass is 16.6. The van der Waals surface area contributed by atoms with Crippen LogP contribution in [0.15, 0.2) is 36.7 Å². The van der Waals surface area contributed by atoms with Crippen molar-refractivity contribution >= 4 is 17.2 Å². The van der Waals surface area contributed by atoms with Crippen LogP contribution in [-0.2, 0) is 0 Å². The van der Waals surface area contributed by atoms with E-state index in [0.29, 0.717) is 0 Å². The van der Waals surface area contributed by atoms with E-state index in [1.54, 1.807) is 0 Å². The van der Waals surface area contributed by atoms with Crippen LogP contribution < -0.4 is 5.32 Å². The van der Waals surface area contributed by atoms with Gasteiger partial charge in [-0.05, 0) is 44.5 Å². The molecule has 0 saturated heterocycles. The highest BCUT2D eigenvalue weighted by Crippen LogP contribution is 2.30. The Morgan fingerprint density at radius 2 is 1.96 bits per heavy atom. The fourth-order valence-electron chi connectivity index (χ4n) is 2.49. The van der Waals surface area contributed by atoms with Crippen LogP contribution in [-0.4, -0.2) is 24.7 Å².